The maximum Gasteiger partial charge on any atom is 0.316 e. The van der Waals surface area contributed by atoms with Crippen molar-refractivity contribution in [1.82, 2.24) is 14.9 Å². The number of nitrogens with zero attached hydrogens (tertiary/aromatic N) is 3. The van der Waals surface area contributed by atoms with Gasteiger partial charge in [0.1, 0.15) is 11.9 Å². The van der Waals surface area contributed by atoms with Crippen molar-refractivity contribution in [2.24, 2.45) is 0 Å². The van der Waals surface area contributed by atoms with Gasteiger partial charge in [-0.15, -0.1) is 0 Å². The van der Waals surface area contributed by atoms with Crippen molar-refractivity contribution in [3.63, 3.8) is 0 Å². The number of rotatable bonds is 3. The minimum atomic E-state index is -0.533. The Morgan fingerprint density at radius 3 is 2.52 bits per heavy atom. The van der Waals surface area contributed by atoms with Gasteiger partial charge < -0.3 is 9.64 Å². The molecule has 2 heterocycles. The zero-order valence-electron chi connectivity index (χ0n) is 12.3. The maximum atomic E-state index is 12.9. The van der Waals surface area contributed by atoms with Gasteiger partial charge in [-0.3, -0.25) is 4.79 Å². The fourth-order valence-corrected chi connectivity index (χ4v) is 2.50. The van der Waals surface area contributed by atoms with Gasteiger partial charge >= 0.3 is 6.01 Å². The zero-order valence-corrected chi connectivity index (χ0v) is 12.3. The Kier molecular flexibility index (Phi) is 4.45. The first kappa shape index (κ1) is 15.3. The second-order valence-corrected chi connectivity index (χ2v) is 5.32. The smallest absolute Gasteiger partial charge is 0.316 e. The van der Waals surface area contributed by atoms with E-state index in [-0.39, 0.29) is 23.8 Å². The molecule has 1 aromatic heterocycles. The molecule has 120 valence electrons. The first-order chi connectivity index (χ1) is 11.1. The zero-order chi connectivity index (χ0) is 16.2. The van der Waals surface area contributed by atoms with Crippen molar-refractivity contribution >= 4 is 5.91 Å². The minimum Gasteiger partial charge on any atom is -0.458 e. The average Bonchev–Trinajstić information content (AvgIpc) is 2.57. The fourth-order valence-electron chi connectivity index (χ4n) is 2.50. The summed E-state index contributed by atoms with van der Waals surface area (Å²) >= 11 is 0. The molecule has 0 N–H and O–H groups in total. The molecule has 1 aliphatic rings. The number of carbonyl (C=O) groups excluding carboxylic acids is 1. The number of aromatic nitrogens is 2. The highest BCUT2D eigenvalue weighted by Gasteiger charge is 2.26. The van der Waals surface area contributed by atoms with E-state index in [0.717, 1.165) is 25.2 Å². The van der Waals surface area contributed by atoms with Crippen LogP contribution in [0.4, 0.5) is 8.78 Å². The Bertz CT molecular complexity index is 677. The van der Waals surface area contributed by atoms with Gasteiger partial charge in [-0.25, -0.2) is 18.7 Å². The lowest BCUT2D eigenvalue weighted by atomic mass is 10.1. The van der Waals surface area contributed by atoms with Crippen LogP contribution in [0.25, 0.3) is 0 Å². The topological polar surface area (TPSA) is 55.3 Å². The van der Waals surface area contributed by atoms with Crippen LogP contribution in [0.15, 0.2) is 36.7 Å². The van der Waals surface area contributed by atoms with Crippen LogP contribution in [0.2, 0.25) is 0 Å². The molecule has 0 saturated carbocycles. The molecule has 1 fully saturated rings. The summed E-state index contributed by atoms with van der Waals surface area (Å²) in [4.78, 5) is 21.6. The van der Waals surface area contributed by atoms with Gasteiger partial charge in [0.25, 0.3) is 5.91 Å². The Morgan fingerprint density at radius 2 is 1.83 bits per heavy atom. The largest absolute Gasteiger partial charge is 0.458 e. The molecule has 1 atom stereocenters. The molecule has 5 nitrogen and oxygen atoms in total. The number of amides is 1. The van der Waals surface area contributed by atoms with Crippen LogP contribution in [-0.2, 0) is 0 Å². The molecule has 0 bridgehead atoms. The van der Waals surface area contributed by atoms with Crippen LogP contribution in [-0.4, -0.2) is 40.0 Å². The van der Waals surface area contributed by atoms with Gasteiger partial charge in [0.05, 0.1) is 18.9 Å². The molecule has 1 aromatic carbocycles. The molecular weight excluding hydrogens is 304 g/mol. The first-order valence-electron chi connectivity index (χ1n) is 7.31. The molecule has 23 heavy (non-hydrogen) atoms. The third-order valence-corrected chi connectivity index (χ3v) is 3.63. The second-order valence-electron chi connectivity index (χ2n) is 5.32. The van der Waals surface area contributed by atoms with Crippen molar-refractivity contribution in [3.05, 3.63) is 53.9 Å². The van der Waals surface area contributed by atoms with Gasteiger partial charge in [0, 0.05) is 12.1 Å². The van der Waals surface area contributed by atoms with E-state index in [1.807, 2.05) is 0 Å². The Labute approximate surface area is 131 Å². The maximum absolute atomic E-state index is 12.9. The molecule has 0 radical (unpaired) electrons. The highest BCUT2D eigenvalue weighted by atomic mass is 19.1. The standard InChI is InChI=1S/C16H15F2N3O2/c17-12-5-3-11(4-6-12)15(22)21-7-1-2-14(10-21)23-16-19-8-13(18)9-20-16/h3-6,8-9,14H,1-2,7,10H2. The molecular formula is C16H15F2N3O2. The summed E-state index contributed by atoms with van der Waals surface area (Å²) in [6.07, 6.45) is 3.35. The van der Waals surface area contributed by atoms with E-state index < -0.39 is 5.82 Å². The van der Waals surface area contributed by atoms with Gasteiger partial charge in [0.15, 0.2) is 5.82 Å². The van der Waals surface area contributed by atoms with Crippen molar-refractivity contribution < 1.29 is 18.3 Å². The number of hydrogen-bond donors (Lipinski definition) is 0. The van der Waals surface area contributed by atoms with E-state index in [1.54, 1.807) is 4.90 Å². The van der Waals surface area contributed by atoms with Gasteiger partial charge in [-0.2, -0.15) is 0 Å². The Morgan fingerprint density at radius 1 is 1.13 bits per heavy atom. The number of carbonyl (C=O) groups is 1. The van der Waals surface area contributed by atoms with E-state index in [4.69, 9.17) is 4.74 Å². The summed E-state index contributed by atoms with van der Waals surface area (Å²) in [5.41, 5.74) is 0.435. The molecule has 0 spiro atoms. The summed E-state index contributed by atoms with van der Waals surface area (Å²) < 4.78 is 31.3. The van der Waals surface area contributed by atoms with Crippen LogP contribution < -0.4 is 4.74 Å². The van der Waals surface area contributed by atoms with Crippen LogP contribution >= 0.6 is 0 Å². The normalized spacial score (nSPS) is 17.8. The second kappa shape index (κ2) is 6.68. The van der Waals surface area contributed by atoms with E-state index >= 15 is 0 Å². The molecule has 1 aliphatic heterocycles. The molecule has 3 rings (SSSR count). The number of ether oxygens (including phenoxy) is 1. The summed E-state index contributed by atoms with van der Waals surface area (Å²) in [5.74, 6) is -1.08. The summed E-state index contributed by atoms with van der Waals surface area (Å²) in [5, 5.41) is 0. The van der Waals surface area contributed by atoms with Gasteiger partial charge in [-0.1, -0.05) is 0 Å². The summed E-state index contributed by atoms with van der Waals surface area (Å²) in [7, 11) is 0. The lowest BCUT2D eigenvalue weighted by Crippen LogP contribution is -2.44. The van der Waals surface area contributed by atoms with E-state index in [2.05, 4.69) is 9.97 Å². The molecule has 1 unspecified atom stereocenters. The number of benzene rings is 1. The molecule has 1 saturated heterocycles. The summed E-state index contributed by atoms with van der Waals surface area (Å²) in [6, 6.07) is 5.54. The Hall–Kier alpha value is -2.57. The van der Waals surface area contributed by atoms with Crippen LogP contribution in [0.5, 0.6) is 6.01 Å². The Balaban J connectivity index is 1.64. The molecule has 7 heteroatoms. The number of halogens is 2. The van der Waals surface area contributed by atoms with Crippen molar-refractivity contribution in [2.45, 2.75) is 18.9 Å². The fraction of sp³-hybridized carbons (Fsp3) is 0.312. The summed E-state index contributed by atoms with van der Waals surface area (Å²) in [6.45, 7) is 0.997. The third kappa shape index (κ3) is 3.80. The van der Waals surface area contributed by atoms with Gasteiger partial charge in [-0.05, 0) is 37.1 Å². The van der Waals surface area contributed by atoms with Crippen LogP contribution in [0.3, 0.4) is 0 Å². The SMILES string of the molecule is O=C(c1ccc(F)cc1)N1CCCC(Oc2ncc(F)cn2)C1. The van der Waals surface area contributed by atoms with E-state index in [0.29, 0.717) is 18.7 Å². The number of piperidine rings is 1. The predicted molar refractivity (Wildman–Crippen MR) is 77.9 cm³/mol. The molecule has 0 aliphatic carbocycles. The van der Waals surface area contributed by atoms with Crippen LogP contribution in [0.1, 0.15) is 23.2 Å². The average molecular weight is 319 g/mol. The van der Waals surface area contributed by atoms with E-state index in [9.17, 15) is 13.6 Å². The molecule has 1 amide bonds. The highest BCUT2D eigenvalue weighted by molar-refractivity contribution is 5.94. The number of hydrogen-bond acceptors (Lipinski definition) is 4. The predicted octanol–water partition coefficient (Wildman–Crippen LogP) is 2.44. The van der Waals surface area contributed by atoms with Crippen molar-refractivity contribution in [3.8, 4) is 6.01 Å². The monoisotopic (exact) mass is 319 g/mol. The first-order valence-corrected chi connectivity index (χ1v) is 7.31. The van der Waals surface area contributed by atoms with Crippen molar-refractivity contribution in [1.29, 1.82) is 0 Å². The lowest BCUT2D eigenvalue weighted by molar-refractivity contribution is 0.0515. The quantitative estimate of drug-likeness (QED) is 0.872. The third-order valence-electron chi connectivity index (χ3n) is 3.63. The lowest BCUT2D eigenvalue weighted by Gasteiger charge is -2.32. The number of likely N-dealkylation sites (tertiary alicyclic amines) is 1. The van der Waals surface area contributed by atoms with Crippen LogP contribution in [0, 0.1) is 11.6 Å². The van der Waals surface area contributed by atoms with Gasteiger partial charge in [0.2, 0.25) is 0 Å². The molecule has 2 aromatic rings. The highest BCUT2D eigenvalue weighted by Crippen LogP contribution is 2.17. The minimum absolute atomic E-state index is 0.0903. The van der Waals surface area contributed by atoms with Crippen molar-refractivity contribution in [2.75, 3.05) is 13.1 Å². The van der Waals surface area contributed by atoms with E-state index in [1.165, 1.54) is 24.3 Å².